The fraction of sp³-hybridized carbons (Fsp3) is 0.810. The van der Waals surface area contributed by atoms with Gasteiger partial charge < -0.3 is 9.84 Å². The second-order valence-corrected chi connectivity index (χ2v) is 8.77. The number of fused-ring (bicyclic) bond motifs is 4. The number of ether oxygens (including phenoxy) is 1. The summed E-state index contributed by atoms with van der Waals surface area (Å²) in [6.45, 7) is 4.51. The molecule has 0 aromatic rings. The van der Waals surface area contributed by atoms with Gasteiger partial charge in [0, 0.05) is 6.42 Å². The van der Waals surface area contributed by atoms with Gasteiger partial charge in [0.1, 0.15) is 0 Å². The van der Waals surface area contributed by atoms with Crippen LogP contribution in [0.15, 0.2) is 23.0 Å². The highest BCUT2D eigenvalue weighted by Crippen LogP contribution is 2.63. The quantitative estimate of drug-likeness (QED) is 0.739. The molecule has 0 saturated heterocycles. The molecule has 4 aliphatic rings. The van der Waals surface area contributed by atoms with Gasteiger partial charge >= 0.3 is 0 Å². The van der Waals surface area contributed by atoms with Crippen molar-refractivity contribution in [2.45, 2.75) is 71.3 Å². The van der Waals surface area contributed by atoms with E-state index in [-0.39, 0.29) is 6.10 Å². The normalized spacial score (nSPS) is 44.1. The van der Waals surface area contributed by atoms with Crippen molar-refractivity contribution in [3.8, 4) is 0 Å². The minimum Gasteiger partial charge on any atom is -0.501 e. The van der Waals surface area contributed by atoms with E-state index in [4.69, 9.17) is 4.74 Å². The van der Waals surface area contributed by atoms with Gasteiger partial charge in [-0.05, 0) is 87.0 Å². The molecule has 0 heterocycles. The Hall–Kier alpha value is -0.760. The van der Waals surface area contributed by atoms with Gasteiger partial charge in [0.2, 0.25) is 0 Å². The van der Waals surface area contributed by atoms with Crippen molar-refractivity contribution in [2.24, 2.45) is 29.1 Å². The van der Waals surface area contributed by atoms with E-state index >= 15 is 0 Å². The van der Waals surface area contributed by atoms with Crippen LogP contribution in [0.4, 0.5) is 0 Å². The van der Waals surface area contributed by atoms with E-state index in [1.165, 1.54) is 44.3 Å². The van der Waals surface area contributed by atoms with Crippen molar-refractivity contribution in [2.75, 3.05) is 7.11 Å². The third kappa shape index (κ3) is 2.32. The highest BCUT2D eigenvalue weighted by molar-refractivity contribution is 5.32. The monoisotopic (exact) mass is 316 g/mol. The molecule has 2 saturated carbocycles. The first-order valence-electron chi connectivity index (χ1n) is 9.66. The van der Waals surface area contributed by atoms with Crippen LogP contribution in [0, 0.1) is 29.1 Å². The van der Waals surface area contributed by atoms with Gasteiger partial charge in [-0.2, -0.15) is 0 Å². The average molecular weight is 316 g/mol. The fourth-order valence-corrected chi connectivity index (χ4v) is 6.88. The Morgan fingerprint density at radius 1 is 1.26 bits per heavy atom. The molecule has 0 spiro atoms. The highest BCUT2D eigenvalue weighted by atomic mass is 16.5. The van der Waals surface area contributed by atoms with Crippen molar-refractivity contribution in [1.82, 2.24) is 0 Å². The molecule has 128 valence electrons. The Bertz CT molecular complexity index is 544. The zero-order valence-corrected chi connectivity index (χ0v) is 15.0. The second kappa shape index (κ2) is 5.65. The molecule has 0 aromatic heterocycles. The number of hydrogen-bond donors (Lipinski definition) is 1. The molecule has 0 aliphatic heterocycles. The van der Waals surface area contributed by atoms with E-state index in [0.29, 0.717) is 11.3 Å². The Balaban J connectivity index is 1.59. The first kappa shape index (κ1) is 15.7. The van der Waals surface area contributed by atoms with Crippen LogP contribution in [-0.2, 0) is 4.74 Å². The van der Waals surface area contributed by atoms with E-state index in [1.807, 2.05) is 14.0 Å². The molecule has 0 amide bonds. The zero-order chi connectivity index (χ0) is 16.2. The highest BCUT2D eigenvalue weighted by Gasteiger charge is 2.55. The summed E-state index contributed by atoms with van der Waals surface area (Å²) in [7, 11) is 1.81. The van der Waals surface area contributed by atoms with Gasteiger partial charge in [-0.3, -0.25) is 0 Å². The summed E-state index contributed by atoms with van der Waals surface area (Å²) in [6, 6.07) is 0. The summed E-state index contributed by atoms with van der Waals surface area (Å²) in [4.78, 5) is 0. The number of aliphatic hydroxyl groups is 1. The average Bonchev–Trinajstić information content (AvgIpc) is 2.91. The number of hydrogen-bond acceptors (Lipinski definition) is 2. The van der Waals surface area contributed by atoms with Crippen molar-refractivity contribution < 1.29 is 9.84 Å². The zero-order valence-electron chi connectivity index (χ0n) is 15.0. The molecule has 2 nitrogen and oxygen atoms in total. The summed E-state index contributed by atoms with van der Waals surface area (Å²) in [5, 5.41) is 10.3. The maximum Gasteiger partial charge on any atom is 0.0959 e. The molecule has 4 rings (SSSR count). The largest absolute Gasteiger partial charge is 0.501 e. The van der Waals surface area contributed by atoms with E-state index in [9.17, 15) is 5.11 Å². The maximum absolute atomic E-state index is 10.3. The lowest BCUT2D eigenvalue weighted by Gasteiger charge is -2.52. The molecule has 0 radical (unpaired) electrons. The second-order valence-electron chi connectivity index (χ2n) is 8.77. The van der Waals surface area contributed by atoms with Gasteiger partial charge in [0.25, 0.3) is 0 Å². The Labute approximate surface area is 141 Å². The van der Waals surface area contributed by atoms with Crippen LogP contribution in [0.5, 0.6) is 0 Å². The van der Waals surface area contributed by atoms with E-state index in [0.717, 1.165) is 30.6 Å². The summed E-state index contributed by atoms with van der Waals surface area (Å²) in [5.41, 5.74) is 3.85. The van der Waals surface area contributed by atoms with Gasteiger partial charge in [0.15, 0.2) is 0 Å². The smallest absolute Gasteiger partial charge is 0.0959 e. The Morgan fingerprint density at radius 2 is 2.09 bits per heavy atom. The number of allylic oxidation sites excluding steroid dienone is 3. The van der Waals surface area contributed by atoms with Gasteiger partial charge in [-0.1, -0.05) is 18.1 Å². The van der Waals surface area contributed by atoms with E-state index in [1.54, 1.807) is 11.1 Å². The third-order valence-corrected chi connectivity index (χ3v) is 7.97. The van der Waals surface area contributed by atoms with Crippen LogP contribution >= 0.6 is 0 Å². The molecule has 23 heavy (non-hydrogen) atoms. The molecule has 6 atom stereocenters. The van der Waals surface area contributed by atoms with Crippen LogP contribution in [0.2, 0.25) is 0 Å². The van der Waals surface area contributed by atoms with Crippen LogP contribution < -0.4 is 0 Å². The van der Waals surface area contributed by atoms with Gasteiger partial charge in [-0.25, -0.2) is 0 Å². The molecule has 2 heteroatoms. The number of methoxy groups -OCH3 is 1. The predicted octanol–water partition coefficient (Wildman–Crippen LogP) is 4.84. The van der Waals surface area contributed by atoms with Crippen LogP contribution in [0.3, 0.4) is 0 Å². The minimum absolute atomic E-state index is 0.137. The van der Waals surface area contributed by atoms with Crippen molar-refractivity contribution >= 4 is 0 Å². The Kier molecular flexibility index (Phi) is 3.87. The molecule has 0 bridgehead atoms. The summed E-state index contributed by atoms with van der Waals surface area (Å²) in [5.74, 6) is 4.23. The molecule has 1 N–H and O–H groups in total. The SMILES string of the molecule is COC1=CCC2=C(CC[C@@H]3[C@@H]2CC[C@]2(C)[C@@H](C(C)O)CC[C@@H]32)C1. The summed E-state index contributed by atoms with van der Waals surface area (Å²) < 4.78 is 5.50. The summed E-state index contributed by atoms with van der Waals surface area (Å²) in [6.07, 6.45) is 12.3. The van der Waals surface area contributed by atoms with E-state index < -0.39 is 0 Å². The van der Waals surface area contributed by atoms with Crippen LogP contribution in [0.25, 0.3) is 0 Å². The Morgan fingerprint density at radius 3 is 2.83 bits per heavy atom. The molecular formula is C21H32O2. The lowest BCUT2D eigenvalue weighted by molar-refractivity contribution is -0.0264. The first-order chi connectivity index (χ1) is 11.0. The third-order valence-electron chi connectivity index (χ3n) is 7.97. The fourth-order valence-electron chi connectivity index (χ4n) is 6.88. The van der Waals surface area contributed by atoms with Crippen molar-refractivity contribution in [3.05, 3.63) is 23.0 Å². The minimum atomic E-state index is -0.137. The lowest BCUT2D eigenvalue weighted by Crippen LogP contribution is -2.45. The first-order valence-corrected chi connectivity index (χ1v) is 9.66. The number of aliphatic hydroxyl groups excluding tert-OH is 1. The van der Waals surface area contributed by atoms with Crippen molar-refractivity contribution in [3.63, 3.8) is 0 Å². The summed E-state index contributed by atoms with van der Waals surface area (Å²) >= 11 is 0. The standard InChI is InChI=1S/C21H32O2/c1-13(22)19-8-9-20-18-6-4-14-12-15(23-3)5-7-16(14)17(18)10-11-21(19,20)2/h5,13,17-20,22H,4,6-12H2,1-3H3/t13?,17-,18-,19-,20+,21-/m1/s1. The molecule has 4 aliphatic carbocycles. The maximum atomic E-state index is 10.3. The van der Waals surface area contributed by atoms with Gasteiger partial charge in [-0.15, -0.1) is 0 Å². The lowest BCUT2D eigenvalue weighted by atomic mass is 9.53. The van der Waals surface area contributed by atoms with Gasteiger partial charge in [0.05, 0.1) is 19.0 Å². The number of rotatable bonds is 2. The van der Waals surface area contributed by atoms with E-state index in [2.05, 4.69) is 13.0 Å². The van der Waals surface area contributed by atoms with Crippen LogP contribution in [0.1, 0.15) is 65.2 Å². The molecule has 2 fully saturated rings. The molecule has 1 unspecified atom stereocenters. The topological polar surface area (TPSA) is 29.5 Å². The van der Waals surface area contributed by atoms with Crippen LogP contribution in [-0.4, -0.2) is 18.3 Å². The van der Waals surface area contributed by atoms with Crippen molar-refractivity contribution in [1.29, 1.82) is 0 Å². The molecule has 0 aromatic carbocycles. The predicted molar refractivity (Wildman–Crippen MR) is 92.8 cm³/mol. The molecular weight excluding hydrogens is 284 g/mol.